The Bertz CT molecular complexity index is 1030. The fraction of sp³-hybridized carbons (Fsp3) is 0.364. The lowest BCUT2D eigenvalue weighted by molar-refractivity contribution is -0.173. The van der Waals surface area contributed by atoms with Gasteiger partial charge in [-0.05, 0) is 28.8 Å². The first kappa shape index (κ1) is 20.5. The quantitative estimate of drug-likeness (QED) is 0.491. The number of ketones is 2. The molecule has 2 aromatic carbocycles. The molecule has 158 valence electrons. The molecular formula is C22H22O8. The molecule has 30 heavy (non-hydrogen) atoms. The van der Waals surface area contributed by atoms with Crippen molar-refractivity contribution in [3.8, 4) is 11.5 Å². The Labute approximate surface area is 172 Å². The molecule has 0 unspecified atom stereocenters. The number of phenols is 2. The van der Waals surface area contributed by atoms with Gasteiger partial charge in [0.2, 0.25) is 5.78 Å². The summed E-state index contributed by atoms with van der Waals surface area (Å²) in [5.41, 5.74) is 0.713. The van der Waals surface area contributed by atoms with Gasteiger partial charge in [0.05, 0.1) is 30.4 Å². The fourth-order valence-corrected chi connectivity index (χ4v) is 4.44. The van der Waals surface area contributed by atoms with Crippen LogP contribution < -0.4 is 0 Å². The lowest BCUT2D eigenvalue weighted by atomic mass is 9.71. The second-order valence-electron chi connectivity index (χ2n) is 7.77. The number of hydrogen-bond donors (Lipinski definition) is 5. The summed E-state index contributed by atoms with van der Waals surface area (Å²) in [5.74, 6) is -3.52. The van der Waals surface area contributed by atoms with Crippen molar-refractivity contribution in [2.24, 2.45) is 5.92 Å². The predicted octanol–water partition coefficient (Wildman–Crippen LogP) is 0.592. The Hall–Kier alpha value is -2.78. The van der Waals surface area contributed by atoms with Crippen LogP contribution in [0, 0.1) is 5.92 Å². The molecule has 2 aliphatic rings. The molecule has 0 bridgehead atoms. The van der Waals surface area contributed by atoms with E-state index in [2.05, 4.69) is 0 Å². The Morgan fingerprint density at radius 2 is 1.70 bits per heavy atom. The van der Waals surface area contributed by atoms with E-state index in [1.165, 1.54) is 24.3 Å². The minimum atomic E-state index is -1.39. The zero-order valence-electron chi connectivity index (χ0n) is 16.1. The van der Waals surface area contributed by atoms with Crippen molar-refractivity contribution in [3.05, 3.63) is 58.1 Å². The van der Waals surface area contributed by atoms with Gasteiger partial charge in [-0.3, -0.25) is 9.59 Å². The SMILES string of the molecule is C[C@H]1[C@H](O)C(=O)[C@H]([C@H]2c3cccc(O)c3C(=O)c3c(O)cc(CO)cc32)O[C@@H]1CO. The molecule has 0 amide bonds. The number of aliphatic hydroxyl groups excluding tert-OH is 3. The molecule has 1 saturated heterocycles. The molecule has 8 nitrogen and oxygen atoms in total. The smallest absolute Gasteiger partial charge is 0.201 e. The molecule has 2 aromatic rings. The lowest BCUT2D eigenvalue weighted by Crippen LogP contribution is -2.54. The van der Waals surface area contributed by atoms with Crippen molar-refractivity contribution in [1.82, 2.24) is 0 Å². The summed E-state index contributed by atoms with van der Waals surface area (Å²) in [6, 6.07) is 7.16. The zero-order valence-corrected chi connectivity index (χ0v) is 16.1. The maximum absolute atomic E-state index is 13.1. The molecule has 0 radical (unpaired) electrons. The van der Waals surface area contributed by atoms with Crippen molar-refractivity contribution in [3.63, 3.8) is 0 Å². The maximum atomic E-state index is 13.1. The number of rotatable bonds is 3. The molecule has 5 N–H and O–H groups in total. The monoisotopic (exact) mass is 414 g/mol. The summed E-state index contributed by atoms with van der Waals surface area (Å²) in [7, 11) is 0. The second kappa shape index (κ2) is 7.48. The summed E-state index contributed by atoms with van der Waals surface area (Å²) >= 11 is 0. The largest absolute Gasteiger partial charge is 0.507 e. The van der Waals surface area contributed by atoms with Crippen LogP contribution >= 0.6 is 0 Å². The average Bonchev–Trinajstić information content (AvgIpc) is 2.73. The minimum absolute atomic E-state index is 0.0629. The van der Waals surface area contributed by atoms with Gasteiger partial charge in [-0.2, -0.15) is 0 Å². The molecule has 1 fully saturated rings. The Morgan fingerprint density at radius 3 is 2.37 bits per heavy atom. The maximum Gasteiger partial charge on any atom is 0.201 e. The highest BCUT2D eigenvalue weighted by Gasteiger charge is 2.49. The number of hydrogen-bond acceptors (Lipinski definition) is 8. The number of carbonyl (C=O) groups is 2. The van der Waals surface area contributed by atoms with Gasteiger partial charge < -0.3 is 30.3 Å². The van der Waals surface area contributed by atoms with Gasteiger partial charge in [-0.15, -0.1) is 0 Å². The number of carbonyl (C=O) groups excluding carboxylic acids is 2. The average molecular weight is 414 g/mol. The first-order valence-corrected chi connectivity index (χ1v) is 9.61. The van der Waals surface area contributed by atoms with Crippen LogP contribution in [0.15, 0.2) is 30.3 Å². The highest BCUT2D eigenvalue weighted by molar-refractivity contribution is 6.16. The molecular weight excluding hydrogens is 392 g/mol. The lowest BCUT2D eigenvalue weighted by Gasteiger charge is -2.41. The molecule has 0 aromatic heterocycles. The molecule has 1 aliphatic carbocycles. The van der Waals surface area contributed by atoms with Gasteiger partial charge in [0.1, 0.15) is 23.7 Å². The van der Waals surface area contributed by atoms with Crippen LogP contribution in [0.25, 0.3) is 0 Å². The summed E-state index contributed by atoms with van der Waals surface area (Å²) in [6.45, 7) is 0.760. The van der Waals surface area contributed by atoms with Crippen molar-refractivity contribution in [2.45, 2.75) is 37.8 Å². The number of fused-ring (bicyclic) bond motifs is 2. The topological polar surface area (TPSA) is 145 Å². The number of aliphatic hydroxyl groups is 3. The van der Waals surface area contributed by atoms with Gasteiger partial charge >= 0.3 is 0 Å². The third-order valence-corrected chi connectivity index (χ3v) is 6.05. The second-order valence-corrected chi connectivity index (χ2v) is 7.77. The van der Waals surface area contributed by atoms with E-state index in [9.17, 15) is 35.1 Å². The van der Waals surface area contributed by atoms with Crippen LogP contribution in [-0.4, -0.2) is 62.0 Å². The molecule has 0 spiro atoms. The fourth-order valence-electron chi connectivity index (χ4n) is 4.44. The molecule has 5 atom stereocenters. The van der Waals surface area contributed by atoms with Crippen LogP contribution in [0.1, 0.15) is 45.5 Å². The van der Waals surface area contributed by atoms with Crippen LogP contribution in [-0.2, 0) is 16.1 Å². The number of aromatic hydroxyl groups is 2. The van der Waals surface area contributed by atoms with Gasteiger partial charge in [-0.25, -0.2) is 0 Å². The Morgan fingerprint density at radius 1 is 1.00 bits per heavy atom. The van der Waals surface area contributed by atoms with Crippen molar-refractivity contribution in [1.29, 1.82) is 0 Å². The van der Waals surface area contributed by atoms with Crippen LogP contribution in [0.5, 0.6) is 11.5 Å². The zero-order chi connectivity index (χ0) is 21.7. The van der Waals surface area contributed by atoms with E-state index in [-0.39, 0.29) is 22.4 Å². The summed E-state index contributed by atoms with van der Waals surface area (Å²) < 4.78 is 5.88. The highest BCUT2D eigenvalue weighted by atomic mass is 16.5. The first-order chi connectivity index (χ1) is 14.3. The van der Waals surface area contributed by atoms with E-state index in [1.807, 2.05) is 0 Å². The summed E-state index contributed by atoms with van der Waals surface area (Å²) in [6.07, 6.45) is -3.48. The molecule has 8 heteroatoms. The van der Waals surface area contributed by atoms with E-state index < -0.39 is 60.7 Å². The molecule has 1 aliphatic heterocycles. The first-order valence-electron chi connectivity index (χ1n) is 9.61. The third kappa shape index (κ3) is 2.92. The number of phenolic OH excluding ortho intramolecular Hbond substituents is 2. The van der Waals surface area contributed by atoms with Crippen molar-refractivity contribution < 1.29 is 39.9 Å². The van der Waals surface area contributed by atoms with Gasteiger partial charge in [0.15, 0.2) is 5.78 Å². The van der Waals surface area contributed by atoms with Crippen LogP contribution in [0.2, 0.25) is 0 Å². The van der Waals surface area contributed by atoms with Crippen molar-refractivity contribution >= 4 is 11.6 Å². The van der Waals surface area contributed by atoms with Crippen molar-refractivity contribution in [2.75, 3.05) is 6.61 Å². The van der Waals surface area contributed by atoms with Gasteiger partial charge in [0.25, 0.3) is 0 Å². The third-order valence-electron chi connectivity index (χ3n) is 6.05. The van der Waals surface area contributed by atoms with Gasteiger partial charge in [-0.1, -0.05) is 25.1 Å². The molecule has 4 rings (SSSR count). The van der Waals surface area contributed by atoms with E-state index in [1.54, 1.807) is 13.0 Å². The van der Waals surface area contributed by atoms with E-state index in [0.29, 0.717) is 11.1 Å². The standard InChI is InChI=1S/C22H22O8/c1-9-15(8-24)30-22(21(29)19(9)27)16-11-3-2-4-13(25)17(11)20(28)18-12(16)5-10(7-23)6-14(18)26/h2-6,9,15-16,19,22-27H,7-8H2,1H3/t9-,15-,16+,19+,22+/m1/s1. The molecule has 1 heterocycles. The van der Waals surface area contributed by atoms with E-state index >= 15 is 0 Å². The normalized spacial score (nSPS) is 28.2. The van der Waals surface area contributed by atoms with E-state index in [4.69, 9.17) is 4.74 Å². The van der Waals surface area contributed by atoms with Crippen LogP contribution in [0.4, 0.5) is 0 Å². The number of ether oxygens (including phenoxy) is 1. The number of benzene rings is 2. The number of Topliss-reactive ketones (excluding diaryl/α,β-unsaturated/α-hetero) is 1. The summed E-state index contributed by atoms with van der Waals surface area (Å²) in [4.78, 5) is 26.1. The Balaban J connectivity index is 1.97. The van der Waals surface area contributed by atoms with Gasteiger partial charge in [0, 0.05) is 11.8 Å². The molecule has 0 saturated carbocycles. The Kier molecular flexibility index (Phi) is 5.11. The predicted molar refractivity (Wildman–Crippen MR) is 103 cm³/mol. The summed E-state index contributed by atoms with van der Waals surface area (Å²) in [5, 5.41) is 50.6. The highest BCUT2D eigenvalue weighted by Crippen LogP contribution is 2.47. The van der Waals surface area contributed by atoms with Crippen LogP contribution in [0.3, 0.4) is 0 Å². The van der Waals surface area contributed by atoms with E-state index in [0.717, 1.165) is 0 Å². The minimum Gasteiger partial charge on any atom is -0.507 e.